The standard InChI is InChI=1S/C20H14FN5O3S/c1-12-19(30-18(24-12)11-29-20-22-8-3-9-23-20)16-5-2-4-15(25-16)13-6-7-17(26(27)28)14(21)10-13/h2-10H,11H2,1H3. The fraction of sp³-hybridized carbons (Fsp3) is 0.100. The van der Waals surface area contributed by atoms with E-state index in [2.05, 4.69) is 19.9 Å². The van der Waals surface area contributed by atoms with Crippen LogP contribution in [0.25, 0.3) is 21.8 Å². The third-order valence-corrected chi connectivity index (χ3v) is 5.28. The third kappa shape index (κ3) is 4.13. The first kappa shape index (κ1) is 19.5. The zero-order valence-corrected chi connectivity index (χ0v) is 16.5. The molecular formula is C20H14FN5O3S. The minimum absolute atomic E-state index is 0.225. The molecule has 10 heteroatoms. The van der Waals surface area contributed by atoms with Crippen molar-refractivity contribution in [3.63, 3.8) is 0 Å². The Morgan fingerprint density at radius 2 is 1.87 bits per heavy atom. The summed E-state index contributed by atoms with van der Waals surface area (Å²) in [5, 5.41) is 11.6. The lowest BCUT2D eigenvalue weighted by Gasteiger charge is -2.04. The minimum atomic E-state index is -0.902. The van der Waals surface area contributed by atoms with Crippen molar-refractivity contribution in [3.05, 3.63) is 81.5 Å². The van der Waals surface area contributed by atoms with Crippen LogP contribution in [0.1, 0.15) is 10.7 Å². The zero-order chi connectivity index (χ0) is 21.1. The number of ether oxygens (including phenoxy) is 1. The van der Waals surface area contributed by atoms with E-state index in [1.807, 2.05) is 13.0 Å². The van der Waals surface area contributed by atoms with E-state index in [0.29, 0.717) is 17.0 Å². The van der Waals surface area contributed by atoms with Crippen molar-refractivity contribution in [1.82, 2.24) is 19.9 Å². The van der Waals surface area contributed by atoms with E-state index in [1.54, 1.807) is 30.6 Å². The molecule has 0 amide bonds. The van der Waals surface area contributed by atoms with Gasteiger partial charge in [0.15, 0.2) is 0 Å². The summed E-state index contributed by atoms with van der Waals surface area (Å²) in [5.41, 5.74) is 1.84. The van der Waals surface area contributed by atoms with Crippen LogP contribution in [0.4, 0.5) is 10.1 Å². The molecule has 3 heterocycles. The van der Waals surface area contributed by atoms with Crippen molar-refractivity contribution in [2.75, 3.05) is 0 Å². The van der Waals surface area contributed by atoms with E-state index in [4.69, 9.17) is 4.74 Å². The lowest BCUT2D eigenvalue weighted by molar-refractivity contribution is -0.387. The van der Waals surface area contributed by atoms with Gasteiger partial charge < -0.3 is 4.74 Å². The van der Waals surface area contributed by atoms with Gasteiger partial charge in [-0.05, 0) is 37.3 Å². The van der Waals surface area contributed by atoms with E-state index < -0.39 is 16.4 Å². The molecular weight excluding hydrogens is 409 g/mol. The van der Waals surface area contributed by atoms with E-state index in [-0.39, 0.29) is 12.6 Å². The maximum absolute atomic E-state index is 14.0. The molecule has 0 N–H and O–H groups in total. The van der Waals surface area contributed by atoms with Gasteiger partial charge in [0, 0.05) is 24.0 Å². The van der Waals surface area contributed by atoms with Crippen LogP contribution in [0, 0.1) is 22.9 Å². The third-order valence-electron chi connectivity index (χ3n) is 4.13. The average molecular weight is 423 g/mol. The van der Waals surface area contributed by atoms with Gasteiger partial charge in [-0.3, -0.25) is 10.1 Å². The maximum atomic E-state index is 14.0. The van der Waals surface area contributed by atoms with Gasteiger partial charge in [0.05, 0.1) is 26.9 Å². The molecule has 0 radical (unpaired) electrons. The van der Waals surface area contributed by atoms with Crippen molar-refractivity contribution in [1.29, 1.82) is 0 Å². The molecule has 8 nitrogen and oxygen atoms in total. The van der Waals surface area contributed by atoms with Crippen molar-refractivity contribution in [3.8, 4) is 27.8 Å². The Hall–Kier alpha value is -3.79. The number of hydrogen-bond donors (Lipinski definition) is 0. The van der Waals surface area contributed by atoms with Gasteiger partial charge in [-0.1, -0.05) is 6.07 Å². The number of halogens is 1. The molecule has 4 rings (SSSR count). The summed E-state index contributed by atoms with van der Waals surface area (Å²) in [6.07, 6.45) is 3.19. The van der Waals surface area contributed by atoms with E-state index in [0.717, 1.165) is 27.7 Å². The summed E-state index contributed by atoms with van der Waals surface area (Å²) in [6, 6.07) is 11.0. The predicted octanol–water partition coefficient (Wildman–Crippen LogP) is 4.60. The Balaban J connectivity index is 1.59. The molecule has 1 aromatic carbocycles. The van der Waals surface area contributed by atoms with Crippen LogP contribution >= 0.6 is 11.3 Å². The molecule has 4 aromatic rings. The lowest BCUT2D eigenvalue weighted by atomic mass is 10.1. The molecule has 150 valence electrons. The van der Waals surface area contributed by atoms with Crippen LogP contribution in [0.5, 0.6) is 6.01 Å². The van der Waals surface area contributed by atoms with Crippen LogP contribution < -0.4 is 4.74 Å². The fourth-order valence-electron chi connectivity index (χ4n) is 2.77. The Morgan fingerprint density at radius 3 is 2.60 bits per heavy atom. The molecule has 0 spiro atoms. The topological polar surface area (TPSA) is 104 Å². The van der Waals surface area contributed by atoms with Gasteiger partial charge >= 0.3 is 11.7 Å². The molecule has 0 saturated heterocycles. The van der Waals surface area contributed by atoms with Gasteiger partial charge in [0.25, 0.3) is 0 Å². The molecule has 0 aliphatic heterocycles. The maximum Gasteiger partial charge on any atom is 0.316 e. The van der Waals surface area contributed by atoms with Gasteiger partial charge in [0.1, 0.15) is 11.6 Å². The Labute approximate surface area is 174 Å². The summed E-state index contributed by atoms with van der Waals surface area (Å²) in [6.45, 7) is 2.09. The number of rotatable bonds is 6. The zero-order valence-electron chi connectivity index (χ0n) is 15.7. The van der Waals surface area contributed by atoms with Crippen molar-refractivity contribution in [2.45, 2.75) is 13.5 Å². The summed E-state index contributed by atoms with van der Waals surface area (Å²) >= 11 is 1.43. The molecule has 0 bridgehead atoms. The number of aryl methyl sites for hydroxylation is 1. The predicted molar refractivity (Wildman–Crippen MR) is 108 cm³/mol. The molecule has 0 aliphatic carbocycles. The Kier molecular flexibility index (Phi) is 5.40. The normalized spacial score (nSPS) is 10.7. The van der Waals surface area contributed by atoms with Crippen LogP contribution in [-0.2, 0) is 6.61 Å². The average Bonchev–Trinajstić information content (AvgIpc) is 3.13. The number of nitrogens with zero attached hydrogens (tertiary/aromatic N) is 5. The van der Waals surface area contributed by atoms with Crippen LogP contribution in [0.2, 0.25) is 0 Å². The first-order chi connectivity index (χ1) is 14.5. The van der Waals surface area contributed by atoms with Crippen LogP contribution in [0.3, 0.4) is 0 Å². The van der Waals surface area contributed by atoms with E-state index >= 15 is 0 Å². The molecule has 0 unspecified atom stereocenters. The fourth-order valence-corrected chi connectivity index (χ4v) is 3.72. The summed E-state index contributed by atoms with van der Waals surface area (Å²) in [4.78, 5) is 28.0. The number of nitro benzene ring substituents is 1. The van der Waals surface area contributed by atoms with E-state index in [9.17, 15) is 14.5 Å². The smallest absolute Gasteiger partial charge is 0.316 e. The molecule has 0 atom stereocenters. The second-order valence-corrected chi connectivity index (χ2v) is 7.26. The second-order valence-electron chi connectivity index (χ2n) is 6.17. The van der Waals surface area contributed by atoms with E-state index in [1.165, 1.54) is 17.4 Å². The summed E-state index contributed by atoms with van der Waals surface area (Å²) in [5.74, 6) is -0.902. The molecule has 3 aromatic heterocycles. The highest BCUT2D eigenvalue weighted by Crippen LogP contribution is 2.31. The highest BCUT2D eigenvalue weighted by molar-refractivity contribution is 7.15. The van der Waals surface area contributed by atoms with Gasteiger partial charge in [-0.15, -0.1) is 11.3 Å². The Bertz CT molecular complexity index is 1220. The van der Waals surface area contributed by atoms with Gasteiger partial charge in [-0.2, -0.15) is 4.39 Å². The Morgan fingerprint density at radius 1 is 1.10 bits per heavy atom. The number of aromatic nitrogens is 4. The molecule has 0 saturated carbocycles. The highest BCUT2D eigenvalue weighted by atomic mass is 32.1. The largest absolute Gasteiger partial charge is 0.456 e. The SMILES string of the molecule is Cc1nc(COc2ncccn2)sc1-c1cccc(-c2ccc([N+](=O)[O-])c(F)c2)n1. The molecule has 0 aliphatic rings. The quantitative estimate of drug-likeness (QED) is 0.330. The van der Waals surface area contributed by atoms with Crippen LogP contribution in [-0.4, -0.2) is 24.9 Å². The van der Waals surface area contributed by atoms with Gasteiger partial charge in [0.2, 0.25) is 5.82 Å². The number of thiazole rings is 1. The first-order valence-corrected chi connectivity index (χ1v) is 9.61. The lowest BCUT2D eigenvalue weighted by Crippen LogP contribution is -1.98. The highest BCUT2D eigenvalue weighted by Gasteiger charge is 2.16. The first-order valence-electron chi connectivity index (χ1n) is 8.79. The number of hydrogen-bond acceptors (Lipinski definition) is 8. The summed E-state index contributed by atoms with van der Waals surface area (Å²) < 4.78 is 19.5. The minimum Gasteiger partial charge on any atom is -0.456 e. The van der Waals surface area contributed by atoms with Crippen molar-refractivity contribution >= 4 is 17.0 Å². The number of pyridine rings is 1. The monoisotopic (exact) mass is 423 g/mol. The summed E-state index contributed by atoms with van der Waals surface area (Å²) in [7, 11) is 0. The van der Waals surface area contributed by atoms with Crippen molar-refractivity contribution < 1.29 is 14.1 Å². The molecule has 30 heavy (non-hydrogen) atoms. The van der Waals surface area contributed by atoms with Crippen LogP contribution in [0.15, 0.2) is 54.9 Å². The number of benzene rings is 1. The van der Waals surface area contributed by atoms with Gasteiger partial charge in [-0.25, -0.2) is 19.9 Å². The number of nitro groups is 1. The molecule has 0 fully saturated rings. The van der Waals surface area contributed by atoms with Crippen molar-refractivity contribution in [2.24, 2.45) is 0 Å². The second kappa shape index (κ2) is 8.29.